The zero-order valence-electron chi connectivity index (χ0n) is 17.9. The number of allylic oxidation sites excluding steroid dienone is 1. The third-order valence-electron chi connectivity index (χ3n) is 6.60. The quantitative estimate of drug-likeness (QED) is 0.729. The lowest BCUT2D eigenvalue weighted by Gasteiger charge is -2.43. The highest BCUT2D eigenvalue weighted by atomic mass is 32.2. The van der Waals surface area contributed by atoms with Crippen LogP contribution >= 0.6 is 11.8 Å². The molecule has 1 aromatic carbocycles. The van der Waals surface area contributed by atoms with E-state index >= 15 is 0 Å². The lowest BCUT2D eigenvalue weighted by Crippen LogP contribution is -2.67. The van der Waals surface area contributed by atoms with Crippen molar-refractivity contribution in [1.82, 2.24) is 15.2 Å². The number of hydrogen-bond donors (Lipinski definition) is 2. The molecule has 0 bridgehead atoms. The number of benzene rings is 1. The van der Waals surface area contributed by atoms with Gasteiger partial charge < -0.3 is 10.2 Å². The van der Waals surface area contributed by atoms with Crippen LogP contribution in [0.1, 0.15) is 22.6 Å². The number of carbonyl (C=O) groups is 1. The first kappa shape index (κ1) is 21.0. The predicted octanol–water partition coefficient (Wildman–Crippen LogP) is 2.41. The summed E-state index contributed by atoms with van der Waals surface area (Å²) >= 11 is 1.70. The van der Waals surface area contributed by atoms with Crippen LogP contribution in [0.5, 0.6) is 0 Å². The van der Waals surface area contributed by atoms with Gasteiger partial charge in [0.05, 0.1) is 23.1 Å². The van der Waals surface area contributed by atoms with Crippen LogP contribution in [0, 0.1) is 34.0 Å². The first-order valence-corrected chi connectivity index (χ1v) is 11.5. The van der Waals surface area contributed by atoms with Crippen molar-refractivity contribution >= 4 is 29.4 Å². The summed E-state index contributed by atoms with van der Waals surface area (Å²) in [6.07, 6.45) is 3.72. The van der Waals surface area contributed by atoms with Gasteiger partial charge in [0.2, 0.25) is 5.91 Å². The topological polar surface area (TPSA) is 120 Å². The maximum atomic E-state index is 13.3. The van der Waals surface area contributed by atoms with Crippen molar-refractivity contribution in [1.29, 1.82) is 15.9 Å². The first-order valence-electron chi connectivity index (χ1n) is 10.6. The molecule has 3 aliphatic rings. The number of anilines is 1. The van der Waals surface area contributed by atoms with Crippen molar-refractivity contribution < 1.29 is 4.79 Å². The van der Waals surface area contributed by atoms with E-state index in [1.807, 2.05) is 23.1 Å². The van der Waals surface area contributed by atoms with Crippen LogP contribution in [0.15, 0.2) is 53.6 Å². The Morgan fingerprint density at radius 1 is 1.24 bits per heavy atom. The molecular weight excluding hydrogens is 434 g/mol. The summed E-state index contributed by atoms with van der Waals surface area (Å²) in [5.41, 5.74) is 1.46. The van der Waals surface area contributed by atoms with E-state index in [1.54, 1.807) is 37.0 Å². The van der Waals surface area contributed by atoms with Crippen LogP contribution in [-0.2, 0) is 4.79 Å². The molecule has 0 aliphatic carbocycles. The monoisotopic (exact) mass is 455 g/mol. The molecular formula is C24H21N7OS. The molecule has 4 heterocycles. The molecule has 2 N–H and O–H groups in total. The Labute approximate surface area is 196 Å². The van der Waals surface area contributed by atoms with E-state index in [0.717, 1.165) is 16.2 Å². The molecule has 3 atom stereocenters. The number of guanidine groups is 1. The summed E-state index contributed by atoms with van der Waals surface area (Å²) < 4.78 is 0. The zero-order chi connectivity index (χ0) is 23.2. The van der Waals surface area contributed by atoms with Gasteiger partial charge in [-0.3, -0.25) is 15.1 Å². The van der Waals surface area contributed by atoms with Crippen molar-refractivity contribution in [3.8, 4) is 12.1 Å². The summed E-state index contributed by atoms with van der Waals surface area (Å²) in [6.45, 7) is 0.956. The van der Waals surface area contributed by atoms with E-state index in [2.05, 4.69) is 28.5 Å². The largest absolute Gasteiger partial charge is 0.353 e. The number of aromatic nitrogens is 1. The van der Waals surface area contributed by atoms with E-state index in [-0.39, 0.29) is 23.7 Å². The van der Waals surface area contributed by atoms with Gasteiger partial charge in [0, 0.05) is 42.9 Å². The minimum absolute atomic E-state index is 0.0855. The van der Waals surface area contributed by atoms with Crippen LogP contribution in [0.4, 0.5) is 5.82 Å². The van der Waals surface area contributed by atoms with Crippen molar-refractivity contribution in [2.75, 3.05) is 30.8 Å². The Hall–Kier alpha value is -3.82. The average Bonchev–Trinajstić information content (AvgIpc) is 3.49. The van der Waals surface area contributed by atoms with E-state index in [0.29, 0.717) is 30.0 Å². The Morgan fingerprint density at radius 2 is 2.06 bits per heavy atom. The van der Waals surface area contributed by atoms with Crippen molar-refractivity contribution in [2.45, 2.75) is 11.5 Å². The first-order chi connectivity index (χ1) is 15.9. The summed E-state index contributed by atoms with van der Waals surface area (Å²) in [5, 5.41) is 30.1. The van der Waals surface area contributed by atoms with Gasteiger partial charge in [0.25, 0.3) is 0 Å². The third kappa shape index (κ3) is 3.42. The highest BCUT2D eigenvalue weighted by Gasteiger charge is 2.58. The zero-order valence-corrected chi connectivity index (χ0v) is 18.8. The van der Waals surface area contributed by atoms with Crippen LogP contribution in [0.25, 0.3) is 0 Å². The van der Waals surface area contributed by atoms with E-state index < -0.39 is 5.54 Å². The van der Waals surface area contributed by atoms with Crippen LogP contribution in [0.3, 0.4) is 0 Å². The molecule has 5 rings (SSSR count). The van der Waals surface area contributed by atoms with Gasteiger partial charge in [0.15, 0.2) is 5.96 Å². The average molecular weight is 456 g/mol. The van der Waals surface area contributed by atoms with Crippen LogP contribution < -0.4 is 10.2 Å². The number of nitrogens with one attached hydrogen (secondary N) is 2. The Morgan fingerprint density at radius 3 is 2.79 bits per heavy atom. The number of nitrogens with zero attached hydrogens (tertiary/aromatic N) is 5. The second-order valence-corrected chi connectivity index (χ2v) is 9.54. The molecule has 2 fully saturated rings. The number of fused-ring (bicyclic) bond motifs is 1. The maximum absolute atomic E-state index is 13.3. The molecule has 1 aromatic heterocycles. The van der Waals surface area contributed by atoms with Gasteiger partial charge in [-0.05, 0) is 29.8 Å². The third-order valence-corrected chi connectivity index (χ3v) is 7.94. The number of thioether (sulfide) groups is 1. The Bertz CT molecular complexity index is 1260. The molecule has 0 saturated carbocycles. The SMILES string of the molecule is CN1C(=N)N[C@@]2(C3=CC(c4cccc(C#N)c4)CS3)CN(c3ccc(C#N)cn3)CC2C1=O. The van der Waals surface area contributed by atoms with E-state index in [1.165, 1.54) is 11.1 Å². The molecule has 164 valence electrons. The molecule has 1 amide bonds. The molecule has 8 nitrogen and oxygen atoms in total. The van der Waals surface area contributed by atoms with E-state index in [4.69, 9.17) is 10.7 Å². The van der Waals surface area contributed by atoms with Gasteiger partial charge in [-0.15, -0.1) is 11.8 Å². The number of carbonyl (C=O) groups excluding carboxylic acids is 1. The van der Waals surface area contributed by atoms with Gasteiger partial charge in [-0.1, -0.05) is 18.2 Å². The number of hydrogen-bond acceptors (Lipinski definition) is 7. The second-order valence-electron chi connectivity index (χ2n) is 8.48. The van der Waals surface area contributed by atoms with Crippen molar-refractivity contribution in [3.63, 3.8) is 0 Å². The molecule has 2 saturated heterocycles. The Kier molecular flexibility index (Phi) is 5.07. The lowest BCUT2D eigenvalue weighted by molar-refractivity contribution is -0.133. The molecule has 2 aromatic rings. The van der Waals surface area contributed by atoms with E-state index in [9.17, 15) is 10.1 Å². The number of nitriles is 2. The minimum atomic E-state index is -0.720. The minimum Gasteiger partial charge on any atom is -0.353 e. The van der Waals surface area contributed by atoms with Gasteiger partial charge >= 0.3 is 0 Å². The fraction of sp³-hybridized carbons (Fsp3) is 0.292. The maximum Gasteiger partial charge on any atom is 0.236 e. The fourth-order valence-electron chi connectivity index (χ4n) is 4.80. The van der Waals surface area contributed by atoms with Crippen molar-refractivity contribution in [3.05, 3.63) is 70.3 Å². The predicted molar refractivity (Wildman–Crippen MR) is 125 cm³/mol. The highest BCUT2D eigenvalue weighted by molar-refractivity contribution is 8.03. The summed E-state index contributed by atoms with van der Waals surface area (Å²) in [4.78, 5) is 22.2. The fourth-order valence-corrected chi connectivity index (χ4v) is 6.22. The standard InChI is InChI=1S/C24H21N7OS/c1-30-22(32)19-12-31(21-6-5-16(10-26)11-28-21)14-24(19,29-23(30)27)20-8-18(13-33-20)17-4-2-3-15(7-17)9-25/h2-8,11,18-19H,12-14H2,1H3,(H2,27,29)/t18?,19?,24-/m0/s1. The van der Waals surface area contributed by atoms with Crippen LogP contribution in [-0.4, -0.2) is 53.2 Å². The molecule has 9 heteroatoms. The van der Waals surface area contributed by atoms with Gasteiger partial charge in [-0.25, -0.2) is 4.98 Å². The molecule has 0 spiro atoms. The molecule has 0 radical (unpaired) electrons. The van der Waals surface area contributed by atoms with Gasteiger partial charge in [-0.2, -0.15) is 10.5 Å². The van der Waals surface area contributed by atoms with Crippen LogP contribution in [0.2, 0.25) is 0 Å². The molecule has 2 unspecified atom stereocenters. The number of rotatable bonds is 3. The summed E-state index contributed by atoms with van der Waals surface area (Å²) in [6, 6.07) is 15.4. The normalized spacial score (nSPS) is 26.3. The second kappa shape index (κ2) is 7.95. The smallest absolute Gasteiger partial charge is 0.236 e. The van der Waals surface area contributed by atoms with Gasteiger partial charge in [0.1, 0.15) is 17.4 Å². The number of amides is 1. The summed E-state index contributed by atoms with van der Waals surface area (Å²) in [5.74, 6) is 1.26. The summed E-state index contributed by atoms with van der Waals surface area (Å²) in [7, 11) is 1.62. The highest BCUT2D eigenvalue weighted by Crippen LogP contribution is 2.48. The lowest BCUT2D eigenvalue weighted by atomic mass is 9.82. The Balaban J connectivity index is 1.52. The molecule has 33 heavy (non-hydrogen) atoms. The number of pyridine rings is 1. The van der Waals surface area contributed by atoms with Crippen molar-refractivity contribution in [2.24, 2.45) is 5.92 Å². The molecule has 3 aliphatic heterocycles.